The molecule has 2 atom stereocenters. The average Bonchev–Trinajstić information content (AvgIpc) is 3.15. The SMILES string of the molecule is O=C(O)[C@@H]1/C(=C/c2ccccc2)[C@@H]1c1ccccc1. The van der Waals surface area contributed by atoms with Gasteiger partial charge in [0.15, 0.2) is 0 Å². The number of carboxylic acids is 1. The maximum atomic E-state index is 11.3. The molecular weight excluding hydrogens is 236 g/mol. The summed E-state index contributed by atoms with van der Waals surface area (Å²) in [7, 11) is 0. The molecule has 3 rings (SSSR count). The Hall–Kier alpha value is -2.35. The normalized spacial score (nSPS) is 23.3. The lowest BCUT2D eigenvalue weighted by Crippen LogP contribution is -1.98. The van der Waals surface area contributed by atoms with Crippen LogP contribution in [0.2, 0.25) is 0 Å². The van der Waals surface area contributed by atoms with Crippen LogP contribution in [0.3, 0.4) is 0 Å². The highest BCUT2D eigenvalue weighted by Crippen LogP contribution is 2.54. The minimum atomic E-state index is -0.740. The van der Waals surface area contributed by atoms with Crippen molar-refractivity contribution in [1.82, 2.24) is 0 Å². The van der Waals surface area contributed by atoms with Gasteiger partial charge in [-0.1, -0.05) is 66.7 Å². The molecule has 19 heavy (non-hydrogen) atoms. The third-order valence-electron chi connectivity index (χ3n) is 3.50. The number of hydrogen-bond acceptors (Lipinski definition) is 1. The van der Waals surface area contributed by atoms with E-state index in [-0.39, 0.29) is 11.8 Å². The van der Waals surface area contributed by atoms with Gasteiger partial charge in [0.05, 0.1) is 5.92 Å². The summed E-state index contributed by atoms with van der Waals surface area (Å²) in [6, 6.07) is 19.7. The van der Waals surface area contributed by atoms with E-state index < -0.39 is 5.97 Å². The molecule has 0 heterocycles. The minimum Gasteiger partial charge on any atom is -0.481 e. The number of carbonyl (C=O) groups is 1. The molecule has 2 heteroatoms. The van der Waals surface area contributed by atoms with Crippen molar-refractivity contribution in [2.75, 3.05) is 0 Å². The quantitative estimate of drug-likeness (QED) is 0.904. The fraction of sp³-hybridized carbons (Fsp3) is 0.118. The van der Waals surface area contributed by atoms with Gasteiger partial charge in [0.1, 0.15) is 0 Å². The van der Waals surface area contributed by atoms with Gasteiger partial charge < -0.3 is 5.11 Å². The first kappa shape index (κ1) is 11.7. The largest absolute Gasteiger partial charge is 0.481 e. The molecule has 0 bridgehead atoms. The molecule has 94 valence electrons. The Bertz CT molecular complexity index is 614. The molecule has 0 saturated heterocycles. The second-order valence-corrected chi connectivity index (χ2v) is 4.76. The van der Waals surface area contributed by atoms with E-state index >= 15 is 0 Å². The van der Waals surface area contributed by atoms with Crippen LogP contribution in [0.25, 0.3) is 6.08 Å². The van der Waals surface area contributed by atoms with E-state index in [0.29, 0.717) is 0 Å². The van der Waals surface area contributed by atoms with Crippen LogP contribution in [0.1, 0.15) is 17.0 Å². The van der Waals surface area contributed by atoms with Gasteiger partial charge in [-0.05, 0) is 16.7 Å². The Balaban J connectivity index is 1.94. The van der Waals surface area contributed by atoms with Crippen molar-refractivity contribution in [3.63, 3.8) is 0 Å². The predicted molar refractivity (Wildman–Crippen MR) is 74.7 cm³/mol. The predicted octanol–water partition coefficient (Wildman–Crippen LogP) is 3.57. The van der Waals surface area contributed by atoms with Crippen LogP contribution < -0.4 is 0 Å². The van der Waals surface area contributed by atoms with Crippen molar-refractivity contribution in [1.29, 1.82) is 0 Å². The highest BCUT2D eigenvalue weighted by Gasteiger charge is 2.50. The molecule has 2 nitrogen and oxygen atoms in total. The molecule has 1 aliphatic rings. The van der Waals surface area contributed by atoms with E-state index in [0.717, 1.165) is 16.7 Å². The highest BCUT2D eigenvalue weighted by atomic mass is 16.4. The zero-order chi connectivity index (χ0) is 13.2. The number of carboxylic acid groups (broad SMARTS) is 1. The van der Waals surface area contributed by atoms with Crippen molar-refractivity contribution < 1.29 is 9.90 Å². The first-order valence-corrected chi connectivity index (χ1v) is 6.31. The summed E-state index contributed by atoms with van der Waals surface area (Å²) in [5, 5.41) is 9.29. The minimum absolute atomic E-state index is 0.0268. The van der Waals surface area contributed by atoms with Gasteiger partial charge in [-0.2, -0.15) is 0 Å². The molecule has 1 aliphatic carbocycles. The maximum Gasteiger partial charge on any atom is 0.311 e. The molecule has 0 spiro atoms. The van der Waals surface area contributed by atoms with Crippen LogP contribution in [0, 0.1) is 5.92 Å². The molecule has 1 fully saturated rings. The van der Waals surface area contributed by atoms with Gasteiger partial charge in [0.2, 0.25) is 0 Å². The topological polar surface area (TPSA) is 37.3 Å². The zero-order valence-corrected chi connectivity index (χ0v) is 10.4. The van der Waals surface area contributed by atoms with Gasteiger partial charge >= 0.3 is 5.97 Å². The zero-order valence-electron chi connectivity index (χ0n) is 10.4. The molecule has 0 unspecified atom stereocenters. The summed E-state index contributed by atoms with van der Waals surface area (Å²) in [6.07, 6.45) is 2.00. The van der Waals surface area contributed by atoms with Gasteiger partial charge in [-0.15, -0.1) is 0 Å². The fourth-order valence-electron chi connectivity index (χ4n) is 2.53. The van der Waals surface area contributed by atoms with Gasteiger partial charge in [-0.3, -0.25) is 4.79 Å². The summed E-state index contributed by atoms with van der Waals surface area (Å²) in [5.41, 5.74) is 3.13. The Morgan fingerprint density at radius 1 is 0.947 bits per heavy atom. The molecule has 1 N–H and O–H groups in total. The number of hydrogen-bond donors (Lipinski definition) is 1. The Kier molecular flexibility index (Phi) is 2.92. The summed E-state index contributed by atoms with van der Waals surface area (Å²) in [6.45, 7) is 0. The fourth-order valence-corrected chi connectivity index (χ4v) is 2.53. The molecule has 0 aromatic heterocycles. The number of aliphatic carboxylic acids is 1. The summed E-state index contributed by atoms with van der Waals surface area (Å²) >= 11 is 0. The lowest BCUT2D eigenvalue weighted by molar-refractivity contribution is -0.138. The monoisotopic (exact) mass is 250 g/mol. The third-order valence-corrected chi connectivity index (χ3v) is 3.50. The van der Waals surface area contributed by atoms with E-state index in [2.05, 4.69) is 0 Å². The Labute approximate surface area is 112 Å². The summed E-state index contributed by atoms with van der Waals surface area (Å²) < 4.78 is 0. The van der Waals surface area contributed by atoms with E-state index in [1.165, 1.54) is 0 Å². The van der Waals surface area contributed by atoms with E-state index in [1.54, 1.807) is 0 Å². The third kappa shape index (κ3) is 2.29. The molecule has 2 aromatic rings. The van der Waals surface area contributed by atoms with Crippen molar-refractivity contribution in [2.24, 2.45) is 5.92 Å². The van der Waals surface area contributed by atoms with E-state index in [1.807, 2.05) is 66.7 Å². The van der Waals surface area contributed by atoms with Crippen molar-refractivity contribution in [2.45, 2.75) is 5.92 Å². The van der Waals surface area contributed by atoms with Gasteiger partial charge in [0, 0.05) is 5.92 Å². The smallest absolute Gasteiger partial charge is 0.311 e. The molecule has 0 amide bonds. The van der Waals surface area contributed by atoms with Crippen molar-refractivity contribution >= 4 is 12.0 Å². The van der Waals surface area contributed by atoms with Crippen molar-refractivity contribution in [3.8, 4) is 0 Å². The van der Waals surface area contributed by atoms with Crippen LogP contribution in [-0.4, -0.2) is 11.1 Å². The molecule has 0 radical (unpaired) electrons. The number of rotatable bonds is 3. The van der Waals surface area contributed by atoms with Crippen LogP contribution in [0.5, 0.6) is 0 Å². The summed E-state index contributed by atoms with van der Waals surface area (Å²) in [5.74, 6) is -1.09. The lowest BCUT2D eigenvalue weighted by atomic mass is 10.1. The first-order chi connectivity index (χ1) is 9.27. The molecular formula is C17H14O2. The standard InChI is InChI=1S/C17H14O2/c18-17(19)16-14(11-12-7-3-1-4-8-12)15(16)13-9-5-2-6-10-13/h1-11,15-16H,(H,18,19)/b14-11+/t15-,16+/m0/s1. The Morgan fingerprint density at radius 2 is 1.53 bits per heavy atom. The van der Waals surface area contributed by atoms with E-state index in [9.17, 15) is 9.90 Å². The van der Waals surface area contributed by atoms with Crippen molar-refractivity contribution in [3.05, 3.63) is 77.4 Å². The second-order valence-electron chi connectivity index (χ2n) is 4.76. The number of benzene rings is 2. The van der Waals surface area contributed by atoms with Gasteiger partial charge in [0.25, 0.3) is 0 Å². The van der Waals surface area contributed by atoms with Crippen LogP contribution >= 0.6 is 0 Å². The summed E-state index contributed by atoms with van der Waals surface area (Å²) in [4.78, 5) is 11.3. The second kappa shape index (κ2) is 4.73. The first-order valence-electron chi connectivity index (χ1n) is 6.31. The molecule has 1 saturated carbocycles. The van der Waals surface area contributed by atoms with E-state index in [4.69, 9.17) is 0 Å². The average molecular weight is 250 g/mol. The van der Waals surface area contributed by atoms with Gasteiger partial charge in [-0.25, -0.2) is 0 Å². The van der Waals surface area contributed by atoms with Crippen LogP contribution in [-0.2, 0) is 4.79 Å². The van der Waals surface area contributed by atoms with Crippen LogP contribution in [0.4, 0.5) is 0 Å². The van der Waals surface area contributed by atoms with Crippen LogP contribution in [0.15, 0.2) is 66.2 Å². The maximum absolute atomic E-state index is 11.3. The highest BCUT2D eigenvalue weighted by molar-refractivity contribution is 5.86. The molecule has 0 aliphatic heterocycles. The Morgan fingerprint density at radius 3 is 2.11 bits per heavy atom. The molecule has 2 aromatic carbocycles. The lowest BCUT2D eigenvalue weighted by Gasteiger charge is -1.95.